The van der Waals surface area contributed by atoms with Crippen LogP contribution in [0, 0.1) is 6.92 Å². The molecule has 24 heavy (non-hydrogen) atoms. The molecule has 0 aliphatic carbocycles. The lowest BCUT2D eigenvalue weighted by Crippen LogP contribution is -2.32. The van der Waals surface area contributed by atoms with Crippen LogP contribution in [0.1, 0.15) is 17.4 Å². The Morgan fingerprint density at radius 2 is 2.21 bits per heavy atom. The molecule has 124 valence electrons. The van der Waals surface area contributed by atoms with Crippen molar-refractivity contribution in [2.75, 3.05) is 11.9 Å². The predicted octanol–water partition coefficient (Wildman–Crippen LogP) is 2.49. The third-order valence-electron chi connectivity index (χ3n) is 3.42. The van der Waals surface area contributed by atoms with Gasteiger partial charge in [0.1, 0.15) is 11.9 Å². The molecule has 2 aromatic heterocycles. The molecule has 0 spiro atoms. The van der Waals surface area contributed by atoms with Gasteiger partial charge >= 0.3 is 6.03 Å². The highest BCUT2D eigenvalue weighted by atomic mass is 16.4. The van der Waals surface area contributed by atoms with Crippen molar-refractivity contribution in [3.63, 3.8) is 0 Å². The minimum Gasteiger partial charge on any atom is -0.467 e. The van der Waals surface area contributed by atoms with Crippen LogP contribution in [0.15, 0.2) is 51.8 Å². The van der Waals surface area contributed by atoms with E-state index < -0.39 is 12.1 Å². The Morgan fingerprint density at radius 3 is 2.92 bits per heavy atom. The summed E-state index contributed by atoms with van der Waals surface area (Å²) in [6.07, 6.45) is 1.80. The van der Waals surface area contributed by atoms with Gasteiger partial charge in [0.2, 0.25) is 12.3 Å². The van der Waals surface area contributed by atoms with Gasteiger partial charge in [0.25, 0.3) is 0 Å². The first-order valence-electron chi connectivity index (χ1n) is 7.27. The maximum Gasteiger partial charge on any atom is 0.319 e. The van der Waals surface area contributed by atoms with Crippen molar-refractivity contribution in [1.29, 1.82) is 0 Å². The van der Waals surface area contributed by atoms with Crippen molar-refractivity contribution >= 4 is 11.7 Å². The van der Waals surface area contributed by atoms with Gasteiger partial charge in [-0.1, -0.05) is 6.07 Å². The number of carbonyl (C=O) groups excluding carboxylic acids is 1. The zero-order valence-electron chi connectivity index (χ0n) is 12.9. The molecule has 1 unspecified atom stereocenters. The van der Waals surface area contributed by atoms with Gasteiger partial charge in [-0.15, -0.1) is 10.2 Å². The monoisotopic (exact) mass is 328 g/mol. The average Bonchev–Trinajstić information content (AvgIpc) is 3.28. The Bertz CT molecular complexity index is 800. The molecule has 0 aliphatic rings. The van der Waals surface area contributed by atoms with Gasteiger partial charge in [-0.3, -0.25) is 0 Å². The van der Waals surface area contributed by atoms with Crippen LogP contribution in [0.5, 0.6) is 0 Å². The number of hydrogen-bond donors (Lipinski definition) is 3. The number of aromatic nitrogens is 2. The van der Waals surface area contributed by atoms with Crippen LogP contribution < -0.4 is 10.6 Å². The molecule has 0 bridgehead atoms. The van der Waals surface area contributed by atoms with Crippen molar-refractivity contribution < 1.29 is 18.7 Å². The second-order valence-electron chi connectivity index (χ2n) is 5.14. The van der Waals surface area contributed by atoms with Crippen LogP contribution >= 0.6 is 0 Å². The van der Waals surface area contributed by atoms with E-state index >= 15 is 0 Å². The standard InChI is InChI=1S/C16H16N4O4/c1-10-4-5-11(15-20-18-9-24-15)7-12(10)19-16(22)17-8-13(21)14-3-2-6-23-14/h2-7,9,13,21H,8H2,1H3,(H2,17,19,22). The van der Waals surface area contributed by atoms with Crippen LogP contribution in [-0.2, 0) is 0 Å². The summed E-state index contributed by atoms with van der Waals surface area (Å²) >= 11 is 0. The Morgan fingerprint density at radius 1 is 1.33 bits per heavy atom. The number of urea groups is 1. The quantitative estimate of drug-likeness (QED) is 0.663. The number of carbonyl (C=O) groups is 1. The lowest BCUT2D eigenvalue weighted by atomic mass is 10.1. The largest absolute Gasteiger partial charge is 0.467 e. The molecule has 1 aromatic carbocycles. The van der Waals surface area contributed by atoms with E-state index in [1.165, 1.54) is 12.7 Å². The Kier molecular flexibility index (Phi) is 4.57. The summed E-state index contributed by atoms with van der Waals surface area (Å²) < 4.78 is 10.2. The molecule has 3 aromatic rings. The number of hydrogen-bond acceptors (Lipinski definition) is 6. The fraction of sp³-hybridized carbons (Fsp3) is 0.188. The van der Waals surface area contributed by atoms with Crippen LogP contribution in [-0.4, -0.2) is 27.9 Å². The molecule has 0 saturated heterocycles. The Hall–Kier alpha value is -3.13. The topological polar surface area (TPSA) is 113 Å². The van der Waals surface area contributed by atoms with Crippen LogP contribution in [0.3, 0.4) is 0 Å². The second-order valence-corrected chi connectivity index (χ2v) is 5.14. The van der Waals surface area contributed by atoms with E-state index in [2.05, 4.69) is 20.8 Å². The van der Waals surface area contributed by atoms with Crippen LogP contribution in [0.2, 0.25) is 0 Å². The molecule has 3 N–H and O–H groups in total. The molecule has 0 saturated carbocycles. The third kappa shape index (κ3) is 3.61. The number of anilines is 1. The highest BCUT2D eigenvalue weighted by Gasteiger charge is 2.13. The molecular weight excluding hydrogens is 312 g/mol. The molecule has 2 heterocycles. The van der Waals surface area contributed by atoms with E-state index in [4.69, 9.17) is 8.83 Å². The van der Waals surface area contributed by atoms with Crippen molar-refractivity contribution in [3.8, 4) is 11.5 Å². The van der Waals surface area contributed by atoms with Crippen molar-refractivity contribution in [2.24, 2.45) is 0 Å². The molecule has 8 heteroatoms. The molecular formula is C16H16N4O4. The molecule has 0 radical (unpaired) electrons. The normalized spacial score (nSPS) is 11.9. The molecule has 1 atom stereocenters. The van der Waals surface area contributed by atoms with Gasteiger partial charge in [0, 0.05) is 11.3 Å². The van der Waals surface area contributed by atoms with Crippen molar-refractivity contribution in [1.82, 2.24) is 15.5 Å². The van der Waals surface area contributed by atoms with Gasteiger partial charge in [-0.25, -0.2) is 4.79 Å². The van der Waals surface area contributed by atoms with Crippen molar-refractivity contribution in [3.05, 3.63) is 54.3 Å². The smallest absolute Gasteiger partial charge is 0.319 e. The SMILES string of the molecule is Cc1ccc(-c2nnco2)cc1NC(=O)NCC(O)c1ccco1. The summed E-state index contributed by atoms with van der Waals surface area (Å²) in [6.45, 7) is 1.90. The van der Waals surface area contributed by atoms with E-state index in [0.29, 0.717) is 22.9 Å². The molecule has 2 amide bonds. The zero-order chi connectivity index (χ0) is 16.9. The lowest BCUT2D eigenvalue weighted by molar-refractivity contribution is 0.149. The Labute approximate surface area is 137 Å². The van der Waals surface area contributed by atoms with Gasteiger partial charge in [0.05, 0.1) is 12.8 Å². The minimum atomic E-state index is -0.906. The van der Waals surface area contributed by atoms with E-state index in [-0.39, 0.29) is 6.54 Å². The summed E-state index contributed by atoms with van der Waals surface area (Å²) in [5.74, 6) is 0.761. The molecule has 0 fully saturated rings. The minimum absolute atomic E-state index is 0.0295. The number of aliphatic hydroxyl groups excluding tert-OH is 1. The van der Waals surface area contributed by atoms with Crippen LogP contribution in [0.25, 0.3) is 11.5 Å². The predicted molar refractivity (Wildman–Crippen MR) is 85.2 cm³/mol. The van der Waals surface area contributed by atoms with Gasteiger partial charge in [-0.2, -0.15) is 0 Å². The first-order valence-corrected chi connectivity index (χ1v) is 7.27. The molecule has 3 rings (SSSR count). The first-order chi connectivity index (χ1) is 11.6. The highest BCUT2D eigenvalue weighted by Crippen LogP contribution is 2.23. The molecule has 8 nitrogen and oxygen atoms in total. The van der Waals surface area contributed by atoms with E-state index in [1.54, 1.807) is 18.2 Å². The number of aliphatic hydroxyl groups is 1. The number of aryl methyl sites for hydroxylation is 1. The lowest BCUT2D eigenvalue weighted by Gasteiger charge is -2.12. The van der Waals surface area contributed by atoms with E-state index in [0.717, 1.165) is 5.56 Å². The van der Waals surface area contributed by atoms with Crippen molar-refractivity contribution in [2.45, 2.75) is 13.0 Å². The second kappa shape index (κ2) is 6.97. The maximum atomic E-state index is 12.0. The summed E-state index contributed by atoms with van der Waals surface area (Å²) in [5.41, 5.74) is 2.18. The number of amides is 2. The van der Waals surface area contributed by atoms with Gasteiger partial charge < -0.3 is 24.6 Å². The van der Waals surface area contributed by atoms with E-state index in [1.807, 2.05) is 19.1 Å². The fourth-order valence-electron chi connectivity index (χ4n) is 2.13. The summed E-state index contributed by atoms with van der Waals surface area (Å²) in [7, 11) is 0. The third-order valence-corrected chi connectivity index (χ3v) is 3.42. The van der Waals surface area contributed by atoms with Gasteiger partial charge in [0.15, 0.2) is 0 Å². The first kappa shape index (κ1) is 15.8. The maximum absolute atomic E-state index is 12.0. The number of benzene rings is 1. The zero-order valence-corrected chi connectivity index (χ0v) is 12.9. The Balaban J connectivity index is 1.62. The summed E-state index contributed by atoms with van der Waals surface area (Å²) in [5, 5.41) is 22.7. The number of rotatable bonds is 5. The average molecular weight is 328 g/mol. The number of nitrogens with one attached hydrogen (secondary N) is 2. The summed E-state index contributed by atoms with van der Waals surface area (Å²) in [6, 6.07) is 8.28. The number of nitrogens with zero attached hydrogens (tertiary/aromatic N) is 2. The van der Waals surface area contributed by atoms with E-state index in [9.17, 15) is 9.90 Å². The highest BCUT2D eigenvalue weighted by molar-refractivity contribution is 5.90. The van der Waals surface area contributed by atoms with Crippen LogP contribution in [0.4, 0.5) is 10.5 Å². The molecule has 0 aliphatic heterocycles. The fourth-order valence-corrected chi connectivity index (χ4v) is 2.13. The van der Waals surface area contributed by atoms with Gasteiger partial charge in [-0.05, 0) is 36.8 Å². The number of furan rings is 1. The summed E-state index contributed by atoms with van der Waals surface area (Å²) in [4.78, 5) is 12.0.